The minimum absolute atomic E-state index is 0.267. The van der Waals surface area contributed by atoms with E-state index in [1.165, 1.54) is 17.8 Å². The van der Waals surface area contributed by atoms with Crippen LogP contribution in [-0.2, 0) is 26.6 Å². The topological polar surface area (TPSA) is 177 Å². The third-order valence-electron chi connectivity index (χ3n) is 10.3. The molecular formula is C43H110O12S6Si6. The van der Waals surface area contributed by atoms with E-state index in [0.717, 1.165) is 70.3 Å². The van der Waals surface area contributed by atoms with Gasteiger partial charge in [-0.15, -0.1) is 0 Å². The summed E-state index contributed by atoms with van der Waals surface area (Å²) in [5, 5.41) is 53.5. The molecule has 0 bridgehead atoms. The van der Waals surface area contributed by atoms with Crippen molar-refractivity contribution in [1.29, 1.82) is 0 Å². The monoisotopic (exact) mass is 1180 g/mol. The van der Waals surface area contributed by atoms with Crippen LogP contribution in [0.25, 0.3) is 0 Å². The van der Waals surface area contributed by atoms with Gasteiger partial charge in [-0.3, -0.25) is 0 Å². The van der Waals surface area contributed by atoms with Gasteiger partial charge in [0.05, 0.1) is 19.8 Å². The first-order valence-corrected chi connectivity index (χ1v) is 48.7. The van der Waals surface area contributed by atoms with Crippen molar-refractivity contribution in [2.24, 2.45) is 0 Å². The molecule has 0 aromatic rings. The summed E-state index contributed by atoms with van der Waals surface area (Å²) >= 11 is 11.1. The maximum atomic E-state index is 8.61. The quantitative estimate of drug-likeness (QED) is 0.0261. The molecule has 0 spiro atoms. The van der Waals surface area contributed by atoms with E-state index in [9.17, 15) is 0 Å². The molecule has 0 aliphatic heterocycles. The first-order chi connectivity index (χ1) is 31.1. The van der Waals surface area contributed by atoms with Gasteiger partial charge in [-0.2, -0.15) is 70.6 Å². The predicted molar refractivity (Wildman–Crippen MR) is 326 cm³/mol. The van der Waals surface area contributed by atoms with Gasteiger partial charge in [0.2, 0.25) is 0 Å². The summed E-state index contributed by atoms with van der Waals surface area (Å²) < 4.78 is 32.4. The van der Waals surface area contributed by atoms with Gasteiger partial charge in [0.15, 0.2) is 49.9 Å². The van der Waals surface area contributed by atoms with Crippen LogP contribution < -0.4 is 0 Å². The standard InChI is InChI=1S/2C8H20O2SSi.3C7H18O2SSi.C6H16O2SSi/c1-8(11-7-5-6-9)12(3,4)10-2;1-10-12(2,3)8-7-11-6-4-5-9;1-7(10-6-5-8)11(3,4)9-2;1-9-11(2,3)7-6-10-5-4-8;1-9-11(2,3)7-10-6-4-5-8;1-8-10(2,3)6-9-5-4-7/h8-9H,5-7H2,1-4H3;9H,4-8H2,1-3H3;7-8H,5-6H2,1-4H3;2*8H,4-7H2,1-3H3;7H,4-6H2,1-3H3. The maximum Gasteiger partial charge on any atom is 0.198 e. The van der Waals surface area contributed by atoms with E-state index < -0.39 is 49.9 Å². The molecule has 0 radical (unpaired) electrons. The number of hydrogen-bond donors (Lipinski definition) is 6. The van der Waals surface area contributed by atoms with Crippen LogP contribution in [0, 0.1) is 0 Å². The van der Waals surface area contributed by atoms with Crippen LogP contribution in [0.15, 0.2) is 0 Å². The van der Waals surface area contributed by atoms with Gasteiger partial charge in [-0.05, 0) is 139 Å². The molecule has 0 heterocycles. The Hall–Kier alpha value is 2.92. The van der Waals surface area contributed by atoms with Crippen molar-refractivity contribution in [3.63, 3.8) is 0 Å². The lowest BCUT2D eigenvalue weighted by molar-refractivity contribution is 0.296. The van der Waals surface area contributed by atoms with Crippen LogP contribution in [-0.4, -0.2) is 229 Å². The van der Waals surface area contributed by atoms with Crippen LogP contribution >= 0.6 is 70.6 Å². The first kappa shape index (κ1) is 81.3. The fourth-order valence-electron chi connectivity index (χ4n) is 3.55. The smallest absolute Gasteiger partial charge is 0.198 e. The average Bonchev–Trinajstić information content (AvgIpc) is 3.29. The average molecular weight is 1180 g/mol. The number of aliphatic hydroxyl groups is 6. The molecule has 12 nitrogen and oxygen atoms in total. The van der Waals surface area contributed by atoms with Crippen molar-refractivity contribution < 1.29 is 57.2 Å². The van der Waals surface area contributed by atoms with Crippen molar-refractivity contribution in [2.45, 2.75) is 134 Å². The van der Waals surface area contributed by atoms with E-state index in [4.69, 9.17) is 57.2 Å². The van der Waals surface area contributed by atoms with Crippen molar-refractivity contribution in [1.82, 2.24) is 0 Å². The summed E-state index contributed by atoms with van der Waals surface area (Å²) in [5.74, 6) is 7.97. The highest BCUT2D eigenvalue weighted by Crippen LogP contribution is 2.23. The molecule has 0 aromatic heterocycles. The summed E-state index contributed by atoms with van der Waals surface area (Å²) in [6.45, 7) is 32.7. The zero-order valence-corrected chi connectivity index (χ0v) is 57.5. The van der Waals surface area contributed by atoms with Gasteiger partial charge in [-0.1, -0.05) is 13.8 Å². The van der Waals surface area contributed by atoms with E-state index in [-0.39, 0.29) is 13.2 Å². The van der Waals surface area contributed by atoms with E-state index >= 15 is 0 Å². The number of thioether (sulfide) groups is 6. The van der Waals surface area contributed by atoms with Crippen LogP contribution in [0.1, 0.15) is 33.1 Å². The largest absolute Gasteiger partial charge is 0.420 e. The lowest BCUT2D eigenvalue weighted by Gasteiger charge is -2.26. The molecule has 414 valence electrons. The fourth-order valence-corrected chi connectivity index (χ4v) is 22.7. The van der Waals surface area contributed by atoms with Gasteiger partial charge >= 0.3 is 0 Å². The number of rotatable bonds is 35. The molecule has 2 atom stereocenters. The number of hydrogen-bond acceptors (Lipinski definition) is 18. The lowest BCUT2D eigenvalue weighted by atomic mass is 10.5. The molecule has 24 heteroatoms. The van der Waals surface area contributed by atoms with Gasteiger partial charge in [0.1, 0.15) is 0 Å². The molecule has 0 saturated carbocycles. The van der Waals surface area contributed by atoms with Crippen molar-refractivity contribution in [3.8, 4) is 0 Å². The normalized spacial score (nSPS) is 13.0. The summed E-state index contributed by atoms with van der Waals surface area (Å²) in [6.07, 6.45) is 2.71. The third-order valence-corrected chi connectivity index (χ3v) is 41.0. The molecule has 0 saturated heterocycles. The second kappa shape index (κ2) is 52.4. The van der Waals surface area contributed by atoms with Crippen LogP contribution in [0.3, 0.4) is 0 Å². The molecule has 0 aliphatic rings. The Bertz CT molecular complexity index is 985. The summed E-state index contributed by atoms with van der Waals surface area (Å²) in [6, 6.07) is 2.38. The van der Waals surface area contributed by atoms with Crippen molar-refractivity contribution in [2.75, 3.05) is 139 Å². The Balaban J connectivity index is -0.000000167. The fraction of sp³-hybridized carbons (Fsp3) is 1.00. The third kappa shape index (κ3) is 63.1. The zero-order valence-electron chi connectivity index (χ0n) is 46.6. The first-order valence-electron chi connectivity index (χ1n) is 23.6. The second-order valence-electron chi connectivity index (χ2n) is 18.7. The van der Waals surface area contributed by atoms with Crippen LogP contribution in [0.4, 0.5) is 0 Å². The molecule has 2 unspecified atom stereocenters. The van der Waals surface area contributed by atoms with E-state index in [2.05, 4.69) is 92.4 Å². The van der Waals surface area contributed by atoms with Crippen molar-refractivity contribution in [3.05, 3.63) is 0 Å². The Morgan fingerprint density at radius 2 is 0.612 bits per heavy atom. The Kier molecular flexibility index (Phi) is 63.5. The van der Waals surface area contributed by atoms with E-state index in [1.54, 1.807) is 70.8 Å². The molecule has 0 aromatic carbocycles. The Morgan fingerprint density at radius 1 is 0.328 bits per heavy atom. The van der Waals surface area contributed by atoms with Gasteiger partial charge in [0.25, 0.3) is 0 Å². The van der Waals surface area contributed by atoms with Gasteiger partial charge in [0, 0.05) is 100 Å². The van der Waals surface area contributed by atoms with Crippen molar-refractivity contribution >= 4 is 120 Å². The van der Waals surface area contributed by atoms with Crippen LogP contribution in [0.2, 0.25) is 90.7 Å². The second-order valence-corrected chi connectivity index (χ2v) is 54.5. The summed E-state index contributed by atoms with van der Waals surface area (Å²) in [7, 11) is 2.47. The Labute approximate surface area is 446 Å². The molecule has 0 rings (SSSR count). The highest BCUT2D eigenvalue weighted by atomic mass is 32.2. The van der Waals surface area contributed by atoms with E-state index in [0.29, 0.717) is 36.2 Å². The maximum absolute atomic E-state index is 8.61. The zero-order chi connectivity index (χ0) is 53.5. The molecule has 0 amide bonds. The number of aliphatic hydroxyl groups excluding tert-OH is 6. The Morgan fingerprint density at radius 3 is 0.925 bits per heavy atom. The minimum atomic E-state index is -1.47. The molecule has 0 fully saturated rings. The molecular weight excluding hydrogens is 1070 g/mol. The molecule has 6 N–H and O–H groups in total. The van der Waals surface area contributed by atoms with E-state index in [1.807, 2.05) is 42.4 Å². The minimum Gasteiger partial charge on any atom is -0.420 e. The SMILES string of the molecule is CO[Si](C)(C)C(C)SCCCO.CO[Si](C)(C)C(C)SCCO.CO[Si](C)(C)CCSCCCO.CO[Si](C)(C)CCSCCO.CO[Si](C)(C)CSCCCO.CO[Si](C)(C)CSCCO. The summed E-state index contributed by atoms with van der Waals surface area (Å²) in [5.41, 5.74) is 0. The van der Waals surface area contributed by atoms with Gasteiger partial charge < -0.3 is 57.2 Å². The van der Waals surface area contributed by atoms with Crippen LogP contribution in [0.5, 0.6) is 0 Å². The lowest BCUT2D eigenvalue weighted by Crippen LogP contribution is -2.40. The summed E-state index contributed by atoms with van der Waals surface area (Å²) in [4.78, 5) is 1.16. The highest BCUT2D eigenvalue weighted by Gasteiger charge is 2.30. The molecule has 0 aliphatic carbocycles. The highest BCUT2D eigenvalue weighted by molar-refractivity contribution is 8.02. The predicted octanol–water partition coefficient (Wildman–Crippen LogP) is 9.48. The van der Waals surface area contributed by atoms with Gasteiger partial charge in [-0.25, -0.2) is 0 Å². The molecule has 67 heavy (non-hydrogen) atoms.